The second kappa shape index (κ2) is 3.26. The number of halogens is 3. The maximum absolute atomic E-state index is 13.0. The van der Waals surface area contributed by atoms with Crippen LogP contribution >= 0.6 is 11.6 Å². The van der Waals surface area contributed by atoms with Crippen molar-refractivity contribution in [1.82, 2.24) is 0 Å². The number of hydrogen-bond donors (Lipinski definition) is 1. The minimum Gasteiger partial charge on any atom is -0.423 e. The second-order valence-corrected chi connectivity index (χ2v) is 3.60. The Kier molecular flexibility index (Phi) is 2.25. The first-order chi connectivity index (χ1) is 7.33. The molecule has 1 heterocycles. The Morgan fingerprint density at radius 3 is 2.75 bits per heavy atom. The molecule has 0 spiro atoms. The zero-order valence-corrected chi connectivity index (χ0v) is 8.24. The lowest BCUT2D eigenvalue weighted by atomic mass is 10.1. The van der Waals surface area contributed by atoms with E-state index in [-0.39, 0.29) is 10.6 Å². The van der Waals surface area contributed by atoms with Gasteiger partial charge in [-0.2, -0.15) is 8.78 Å². The predicted octanol–water partition coefficient (Wildman–Crippen LogP) is 2.27. The number of nitro benzene ring substituents is 1. The first-order valence-corrected chi connectivity index (χ1v) is 4.43. The van der Waals surface area contributed by atoms with Crippen LogP contribution in [-0.2, 0) is 0 Å². The fourth-order valence-electron chi connectivity index (χ4n) is 1.42. The van der Waals surface area contributed by atoms with Crippen molar-refractivity contribution in [3.05, 3.63) is 32.8 Å². The molecule has 86 valence electrons. The molecule has 0 aromatic heterocycles. The Morgan fingerprint density at radius 1 is 1.56 bits per heavy atom. The molecule has 1 atom stereocenters. The van der Waals surface area contributed by atoms with Gasteiger partial charge >= 0.3 is 11.8 Å². The Balaban J connectivity index is 2.65. The van der Waals surface area contributed by atoms with Crippen LogP contribution in [0, 0.1) is 10.1 Å². The van der Waals surface area contributed by atoms with Crippen molar-refractivity contribution in [2.45, 2.75) is 12.2 Å². The van der Waals surface area contributed by atoms with E-state index in [1.54, 1.807) is 0 Å². The lowest BCUT2D eigenvalue weighted by Gasteiger charge is -2.11. The van der Waals surface area contributed by atoms with E-state index in [1.165, 1.54) is 0 Å². The topological polar surface area (TPSA) is 72.6 Å². The number of fused-ring (bicyclic) bond motifs is 1. The lowest BCUT2D eigenvalue weighted by Crippen LogP contribution is -2.26. The zero-order valence-electron chi connectivity index (χ0n) is 7.49. The summed E-state index contributed by atoms with van der Waals surface area (Å²) in [6, 6.07) is 1.89. The van der Waals surface area contributed by atoms with E-state index in [2.05, 4.69) is 4.74 Å². The number of aliphatic hydroxyl groups is 1. The van der Waals surface area contributed by atoms with E-state index in [9.17, 15) is 24.0 Å². The van der Waals surface area contributed by atoms with Gasteiger partial charge in [0, 0.05) is 16.7 Å². The Morgan fingerprint density at radius 2 is 2.19 bits per heavy atom. The van der Waals surface area contributed by atoms with Crippen LogP contribution in [-0.4, -0.2) is 16.1 Å². The third-order valence-electron chi connectivity index (χ3n) is 2.11. The van der Waals surface area contributed by atoms with E-state index in [4.69, 9.17) is 11.6 Å². The standard InChI is InChI=1S/C8H4ClF2NO4/c9-3-1-4-6(5(2-3)12(14)15)16-8(10,11)7(4)13/h1-2,7,13H. The fraction of sp³-hybridized carbons (Fsp3) is 0.250. The maximum Gasteiger partial charge on any atom is 0.429 e. The third kappa shape index (κ3) is 1.48. The highest BCUT2D eigenvalue weighted by Crippen LogP contribution is 2.50. The number of nitrogens with zero attached hydrogens (tertiary/aromatic N) is 1. The van der Waals surface area contributed by atoms with Gasteiger partial charge in [-0.05, 0) is 6.07 Å². The van der Waals surface area contributed by atoms with E-state index in [0.717, 1.165) is 12.1 Å². The molecule has 0 aliphatic carbocycles. The van der Waals surface area contributed by atoms with Crippen LogP contribution in [0.15, 0.2) is 12.1 Å². The number of benzene rings is 1. The van der Waals surface area contributed by atoms with Crippen LogP contribution in [0.1, 0.15) is 11.7 Å². The largest absolute Gasteiger partial charge is 0.429 e. The molecule has 0 amide bonds. The average molecular weight is 252 g/mol. The molecule has 2 rings (SSSR count). The molecule has 5 nitrogen and oxygen atoms in total. The second-order valence-electron chi connectivity index (χ2n) is 3.17. The summed E-state index contributed by atoms with van der Waals surface area (Å²) in [5.74, 6) is -0.646. The molecule has 1 unspecified atom stereocenters. The highest BCUT2D eigenvalue weighted by molar-refractivity contribution is 6.31. The number of ether oxygens (including phenoxy) is 1. The van der Waals surface area contributed by atoms with Gasteiger partial charge in [0.2, 0.25) is 5.75 Å². The molecule has 1 aromatic carbocycles. The summed E-state index contributed by atoms with van der Waals surface area (Å²) in [6.07, 6.45) is -6.13. The lowest BCUT2D eigenvalue weighted by molar-refractivity contribution is -0.386. The average Bonchev–Trinajstić information content (AvgIpc) is 2.38. The monoisotopic (exact) mass is 251 g/mol. The predicted molar refractivity (Wildman–Crippen MR) is 48.6 cm³/mol. The van der Waals surface area contributed by atoms with Crippen LogP contribution in [0.3, 0.4) is 0 Å². The molecule has 16 heavy (non-hydrogen) atoms. The van der Waals surface area contributed by atoms with Crippen molar-refractivity contribution in [2.24, 2.45) is 0 Å². The molecule has 0 bridgehead atoms. The summed E-state index contributed by atoms with van der Waals surface area (Å²) in [5.41, 5.74) is -1.08. The molecule has 1 N–H and O–H groups in total. The minimum absolute atomic E-state index is 0.120. The van der Waals surface area contributed by atoms with Gasteiger partial charge in [-0.25, -0.2) is 0 Å². The number of hydrogen-bond acceptors (Lipinski definition) is 4. The van der Waals surface area contributed by atoms with E-state index >= 15 is 0 Å². The first kappa shape index (κ1) is 11.0. The number of alkyl halides is 2. The molecule has 0 fully saturated rings. The van der Waals surface area contributed by atoms with Crippen LogP contribution in [0.25, 0.3) is 0 Å². The molecule has 1 aliphatic rings. The van der Waals surface area contributed by atoms with Crippen molar-refractivity contribution in [3.63, 3.8) is 0 Å². The summed E-state index contributed by atoms with van der Waals surface area (Å²) >= 11 is 5.52. The van der Waals surface area contributed by atoms with E-state index in [1.807, 2.05) is 0 Å². The maximum atomic E-state index is 13.0. The highest BCUT2D eigenvalue weighted by Gasteiger charge is 2.52. The SMILES string of the molecule is O=[N+]([O-])c1cc(Cl)cc2c1OC(F)(F)C2O. The smallest absolute Gasteiger partial charge is 0.423 e. The van der Waals surface area contributed by atoms with Gasteiger partial charge in [0.25, 0.3) is 0 Å². The number of aliphatic hydroxyl groups excluding tert-OH is 1. The van der Waals surface area contributed by atoms with Crippen molar-refractivity contribution in [3.8, 4) is 5.75 Å². The summed E-state index contributed by atoms with van der Waals surface area (Å²) in [5, 5.41) is 19.6. The van der Waals surface area contributed by atoms with Crippen molar-refractivity contribution < 1.29 is 23.5 Å². The van der Waals surface area contributed by atoms with Crippen molar-refractivity contribution in [1.29, 1.82) is 0 Å². The Bertz CT molecular complexity index is 479. The van der Waals surface area contributed by atoms with Crippen LogP contribution in [0.4, 0.5) is 14.5 Å². The van der Waals surface area contributed by atoms with E-state index in [0.29, 0.717) is 0 Å². The molecule has 0 radical (unpaired) electrons. The third-order valence-corrected chi connectivity index (χ3v) is 2.33. The van der Waals surface area contributed by atoms with Crippen molar-refractivity contribution in [2.75, 3.05) is 0 Å². The molecule has 0 saturated carbocycles. The van der Waals surface area contributed by atoms with Crippen molar-refractivity contribution >= 4 is 17.3 Å². The summed E-state index contributed by atoms with van der Waals surface area (Å²) in [7, 11) is 0. The minimum atomic E-state index is -3.88. The molecular weight excluding hydrogens is 248 g/mol. The molecule has 0 saturated heterocycles. The summed E-state index contributed by atoms with van der Waals surface area (Å²) in [6.45, 7) is 0. The Labute approximate surface area is 92.4 Å². The van der Waals surface area contributed by atoms with Gasteiger partial charge in [-0.1, -0.05) is 11.6 Å². The molecular formula is C8H4ClF2NO4. The molecule has 1 aromatic rings. The number of nitro groups is 1. The normalized spacial score (nSPS) is 21.4. The zero-order chi connectivity index (χ0) is 12.1. The van der Waals surface area contributed by atoms with Gasteiger partial charge in [0.05, 0.1) is 4.92 Å². The van der Waals surface area contributed by atoms with Crippen LogP contribution < -0.4 is 4.74 Å². The summed E-state index contributed by atoms with van der Waals surface area (Å²) in [4.78, 5) is 9.67. The van der Waals surface area contributed by atoms with Gasteiger partial charge in [-0.15, -0.1) is 0 Å². The fourth-order valence-corrected chi connectivity index (χ4v) is 1.64. The Hall–Kier alpha value is -1.47. The molecule has 1 aliphatic heterocycles. The van der Waals surface area contributed by atoms with E-state index < -0.39 is 28.6 Å². The number of rotatable bonds is 1. The highest BCUT2D eigenvalue weighted by atomic mass is 35.5. The molecule has 8 heteroatoms. The van der Waals surface area contributed by atoms with Gasteiger partial charge in [0.1, 0.15) is 0 Å². The first-order valence-electron chi connectivity index (χ1n) is 4.05. The summed E-state index contributed by atoms with van der Waals surface area (Å²) < 4.78 is 30.0. The van der Waals surface area contributed by atoms with Gasteiger partial charge in [0.15, 0.2) is 6.10 Å². The van der Waals surface area contributed by atoms with Crippen LogP contribution in [0.2, 0.25) is 5.02 Å². The van der Waals surface area contributed by atoms with Gasteiger partial charge < -0.3 is 9.84 Å². The quantitative estimate of drug-likeness (QED) is 0.614. The van der Waals surface area contributed by atoms with Gasteiger partial charge in [-0.3, -0.25) is 10.1 Å². The van der Waals surface area contributed by atoms with Crippen LogP contribution in [0.5, 0.6) is 5.75 Å².